The van der Waals surface area contributed by atoms with Gasteiger partial charge in [0, 0.05) is 17.2 Å². The predicted molar refractivity (Wildman–Crippen MR) is 78.4 cm³/mol. The van der Waals surface area contributed by atoms with Gasteiger partial charge in [-0.05, 0) is 31.4 Å². The van der Waals surface area contributed by atoms with Crippen LogP contribution in [-0.2, 0) is 0 Å². The Labute approximate surface area is 118 Å². The van der Waals surface area contributed by atoms with E-state index < -0.39 is 0 Å². The molecule has 3 heteroatoms. The molecule has 0 amide bonds. The third-order valence-electron chi connectivity index (χ3n) is 3.87. The van der Waals surface area contributed by atoms with E-state index in [0.29, 0.717) is 11.1 Å². The van der Waals surface area contributed by atoms with E-state index >= 15 is 0 Å². The molecule has 1 fully saturated rings. The largest absolute Gasteiger partial charge is 0.233 e. The second kappa shape index (κ2) is 5.30. The zero-order chi connectivity index (χ0) is 13.2. The van der Waals surface area contributed by atoms with Crippen LogP contribution in [0, 0.1) is 6.92 Å². The third kappa shape index (κ3) is 2.64. The van der Waals surface area contributed by atoms with Crippen molar-refractivity contribution in [3.8, 4) is 11.4 Å². The lowest BCUT2D eigenvalue weighted by Gasteiger charge is -2.11. The van der Waals surface area contributed by atoms with Crippen LogP contribution in [0.3, 0.4) is 0 Å². The Hall–Kier alpha value is -1.41. The number of aromatic nitrogens is 2. The summed E-state index contributed by atoms with van der Waals surface area (Å²) in [6.45, 7) is 2.08. The second-order valence-corrected chi connectivity index (χ2v) is 5.62. The van der Waals surface area contributed by atoms with Crippen LogP contribution in [0.15, 0.2) is 30.3 Å². The van der Waals surface area contributed by atoms with Gasteiger partial charge < -0.3 is 0 Å². The molecule has 0 saturated heterocycles. The van der Waals surface area contributed by atoms with Crippen LogP contribution in [0.5, 0.6) is 0 Å². The summed E-state index contributed by atoms with van der Waals surface area (Å²) in [6.07, 6.45) is 5.04. The van der Waals surface area contributed by atoms with Crippen LogP contribution in [-0.4, -0.2) is 9.97 Å². The number of halogens is 1. The number of nitrogens with zero attached hydrogens (tertiary/aromatic N) is 2. The summed E-state index contributed by atoms with van der Waals surface area (Å²) in [7, 11) is 0. The molecule has 2 nitrogen and oxygen atoms in total. The van der Waals surface area contributed by atoms with E-state index in [1.165, 1.54) is 31.2 Å². The van der Waals surface area contributed by atoms with E-state index in [4.69, 9.17) is 16.6 Å². The van der Waals surface area contributed by atoms with Gasteiger partial charge in [0.15, 0.2) is 5.82 Å². The van der Waals surface area contributed by atoms with Crippen molar-refractivity contribution in [2.75, 3.05) is 0 Å². The van der Waals surface area contributed by atoms with E-state index in [1.54, 1.807) is 0 Å². The maximum absolute atomic E-state index is 6.18. The summed E-state index contributed by atoms with van der Waals surface area (Å²) in [6, 6.07) is 10.1. The SMILES string of the molecule is Cc1ccccc1-c1nc(Cl)cc(C2CCCC2)n1. The molecule has 0 N–H and O–H groups in total. The van der Waals surface area contributed by atoms with Gasteiger partial charge in [-0.1, -0.05) is 48.7 Å². The van der Waals surface area contributed by atoms with Crippen LogP contribution in [0.25, 0.3) is 11.4 Å². The fourth-order valence-electron chi connectivity index (χ4n) is 2.81. The van der Waals surface area contributed by atoms with Gasteiger partial charge in [-0.15, -0.1) is 0 Å². The first-order chi connectivity index (χ1) is 9.24. The first-order valence-corrected chi connectivity index (χ1v) is 7.22. The number of hydrogen-bond acceptors (Lipinski definition) is 2. The Morgan fingerprint density at radius 3 is 2.58 bits per heavy atom. The molecule has 98 valence electrons. The Bertz CT molecular complexity index is 589. The van der Waals surface area contributed by atoms with E-state index in [2.05, 4.69) is 24.0 Å². The molecule has 1 aliphatic rings. The van der Waals surface area contributed by atoms with Crippen LogP contribution in [0.2, 0.25) is 5.15 Å². The Kier molecular flexibility index (Phi) is 3.52. The summed E-state index contributed by atoms with van der Waals surface area (Å²) < 4.78 is 0. The smallest absolute Gasteiger partial charge is 0.161 e. The molecule has 0 aliphatic heterocycles. The summed E-state index contributed by atoms with van der Waals surface area (Å²) >= 11 is 6.18. The van der Waals surface area contributed by atoms with E-state index in [1.807, 2.05) is 18.2 Å². The minimum absolute atomic E-state index is 0.551. The maximum atomic E-state index is 6.18. The van der Waals surface area contributed by atoms with Crippen LogP contribution in [0.1, 0.15) is 42.9 Å². The molecule has 1 aromatic carbocycles. The summed E-state index contributed by atoms with van der Waals surface area (Å²) in [5.74, 6) is 1.32. The summed E-state index contributed by atoms with van der Waals surface area (Å²) in [4.78, 5) is 9.14. The van der Waals surface area contributed by atoms with Gasteiger partial charge in [0.1, 0.15) is 5.15 Å². The van der Waals surface area contributed by atoms with Crippen LogP contribution >= 0.6 is 11.6 Å². The highest BCUT2D eigenvalue weighted by molar-refractivity contribution is 6.29. The maximum Gasteiger partial charge on any atom is 0.161 e. The van der Waals surface area contributed by atoms with Crippen molar-refractivity contribution < 1.29 is 0 Å². The highest BCUT2D eigenvalue weighted by Gasteiger charge is 2.20. The summed E-state index contributed by atoms with van der Waals surface area (Å²) in [5, 5.41) is 0.551. The molecule has 2 aromatic rings. The molecule has 0 bridgehead atoms. The minimum atomic E-state index is 0.551. The normalized spacial score (nSPS) is 15.9. The monoisotopic (exact) mass is 272 g/mol. The lowest BCUT2D eigenvalue weighted by atomic mass is 10.0. The highest BCUT2D eigenvalue weighted by atomic mass is 35.5. The molecule has 19 heavy (non-hydrogen) atoms. The third-order valence-corrected chi connectivity index (χ3v) is 4.07. The molecule has 0 unspecified atom stereocenters. The molecular formula is C16H17ClN2. The quantitative estimate of drug-likeness (QED) is 0.737. The Morgan fingerprint density at radius 1 is 1.11 bits per heavy atom. The fourth-order valence-corrected chi connectivity index (χ4v) is 3.00. The van der Waals surface area contributed by atoms with Crippen molar-refractivity contribution in [3.05, 3.63) is 46.7 Å². The van der Waals surface area contributed by atoms with Crippen molar-refractivity contribution in [1.82, 2.24) is 9.97 Å². The molecule has 1 aliphatic carbocycles. The van der Waals surface area contributed by atoms with Gasteiger partial charge in [-0.25, -0.2) is 9.97 Å². The number of rotatable bonds is 2. The van der Waals surface area contributed by atoms with E-state index in [0.717, 1.165) is 17.1 Å². The van der Waals surface area contributed by atoms with E-state index in [9.17, 15) is 0 Å². The average Bonchev–Trinajstić information content (AvgIpc) is 2.92. The van der Waals surface area contributed by atoms with Gasteiger partial charge >= 0.3 is 0 Å². The standard InChI is InChI=1S/C16H17ClN2/c1-11-6-2-5-9-13(11)16-18-14(10-15(17)19-16)12-7-3-4-8-12/h2,5-6,9-10,12H,3-4,7-8H2,1H3. The van der Waals surface area contributed by atoms with E-state index in [-0.39, 0.29) is 0 Å². The zero-order valence-corrected chi connectivity index (χ0v) is 11.8. The van der Waals surface area contributed by atoms with Crippen LogP contribution in [0.4, 0.5) is 0 Å². The lowest BCUT2D eigenvalue weighted by molar-refractivity contribution is 0.695. The molecule has 0 radical (unpaired) electrons. The van der Waals surface area contributed by atoms with Gasteiger partial charge in [0.25, 0.3) is 0 Å². The minimum Gasteiger partial charge on any atom is -0.233 e. The van der Waals surface area contributed by atoms with Crippen LogP contribution < -0.4 is 0 Å². The molecular weight excluding hydrogens is 256 g/mol. The average molecular weight is 273 g/mol. The van der Waals surface area contributed by atoms with Crippen molar-refractivity contribution in [2.45, 2.75) is 38.5 Å². The first kappa shape index (κ1) is 12.6. The van der Waals surface area contributed by atoms with Crippen molar-refractivity contribution in [1.29, 1.82) is 0 Å². The molecule has 3 rings (SSSR count). The van der Waals surface area contributed by atoms with Crippen molar-refractivity contribution >= 4 is 11.6 Å². The molecule has 1 heterocycles. The predicted octanol–water partition coefficient (Wildman–Crippen LogP) is 4.76. The van der Waals surface area contributed by atoms with Crippen molar-refractivity contribution in [3.63, 3.8) is 0 Å². The topological polar surface area (TPSA) is 25.8 Å². The van der Waals surface area contributed by atoms with Gasteiger partial charge in [-0.3, -0.25) is 0 Å². The van der Waals surface area contributed by atoms with Gasteiger partial charge in [-0.2, -0.15) is 0 Å². The fraction of sp³-hybridized carbons (Fsp3) is 0.375. The molecule has 1 saturated carbocycles. The zero-order valence-electron chi connectivity index (χ0n) is 11.1. The van der Waals surface area contributed by atoms with Crippen molar-refractivity contribution in [2.24, 2.45) is 0 Å². The Morgan fingerprint density at radius 2 is 1.84 bits per heavy atom. The number of hydrogen-bond donors (Lipinski definition) is 0. The molecule has 0 atom stereocenters. The van der Waals surface area contributed by atoms with Gasteiger partial charge in [0.2, 0.25) is 0 Å². The van der Waals surface area contributed by atoms with Gasteiger partial charge in [0.05, 0.1) is 0 Å². The lowest BCUT2D eigenvalue weighted by Crippen LogP contribution is -2.01. The molecule has 1 aromatic heterocycles. The molecule has 0 spiro atoms. The first-order valence-electron chi connectivity index (χ1n) is 6.84. The second-order valence-electron chi connectivity index (χ2n) is 5.24. The highest BCUT2D eigenvalue weighted by Crippen LogP contribution is 2.34. The summed E-state index contributed by atoms with van der Waals surface area (Å²) in [5.41, 5.74) is 3.36. The number of aryl methyl sites for hydroxylation is 1. The Balaban J connectivity index is 2.04. The number of benzene rings is 1.